The zero-order valence-corrected chi connectivity index (χ0v) is 18.4. The van der Waals surface area contributed by atoms with Crippen LogP contribution in [0.5, 0.6) is 5.75 Å². The molecule has 0 saturated carbocycles. The van der Waals surface area contributed by atoms with Gasteiger partial charge in [-0.3, -0.25) is 9.59 Å². The van der Waals surface area contributed by atoms with Gasteiger partial charge in [-0.15, -0.1) is 11.3 Å². The maximum absolute atomic E-state index is 13.0. The normalized spacial score (nSPS) is 18.0. The standard InChI is InChI=1S/C24H23NO5S/c1-4-29-18-10-8-16(12-14(18)2)22(26)20-21(19-9-7-15(3)30-19)25(24(28)23(20)27)13-17-6-5-11-31-17/h5-12,21,26H,4,13H2,1-3H3/b22-20-. The molecular weight excluding hydrogens is 414 g/mol. The number of furan rings is 1. The van der Waals surface area contributed by atoms with Gasteiger partial charge >= 0.3 is 0 Å². The predicted molar refractivity (Wildman–Crippen MR) is 118 cm³/mol. The number of nitrogens with zero attached hydrogens (tertiary/aromatic N) is 1. The molecule has 1 aliphatic heterocycles. The number of likely N-dealkylation sites (tertiary alicyclic amines) is 1. The summed E-state index contributed by atoms with van der Waals surface area (Å²) in [6.45, 7) is 6.34. The van der Waals surface area contributed by atoms with Crippen LogP contribution < -0.4 is 4.74 Å². The number of carbonyl (C=O) groups excluding carboxylic acids is 2. The SMILES string of the molecule is CCOc1ccc(/C(O)=C2/C(=O)C(=O)N(Cc3cccs3)C2c2ccc(C)o2)cc1C. The van der Waals surface area contributed by atoms with E-state index >= 15 is 0 Å². The van der Waals surface area contributed by atoms with Crippen molar-refractivity contribution in [1.82, 2.24) is 4.90 Å². The summed E-state index contributed by atoms with van der Waals surface area (Å²) in [6, 6.07) is 11.7. The predicted octanol–water partition coefficient (Wildman–Crippen LogP) is 4.98. The molecule has 1 unspecified atom stereocenters. The first kappa shape index (κ1) is 20.9. The third-order valence-corrected chi connectivity index (χ3v) is 6.09. The van der Waals surface area contributed by atoms with Gasteiger partial charge in [0.2, 0.25) is 0 Å². The van der Waals surface area contributed by atoms with Crippen molar-refractivity contribution in [2.75, 3.05) is 6.61 Å². The molecule has 0 aliphatic carbocycles. The molecule has 2 aromatic heterocycles. The minimum atomic E-state index is -0.803. The van der Waals surface area contributed by atoms with Gasteiger partial charge in [-0.1, -0.05) is 6.07 Å². The van der Waals surface area contributed by atoms with Gasteiger partial charge in [0.05, 0.1) is 18.7 Å². The van der Waals surface area contributed by atoms with E-state index in [0.717, 1.165) is 10.4 Å². The number of hydrogen-bond donors (Lipinski definition) is 1. The number of hydrogen-bond acceptors (Lipinski definition) is 6. The van der Waals surface area contributed by atoms with Gasteiger partial charge in [-0.05, 0) is 68.1 Å². The minimum absolute atomic E-state index is 0.0273. The Labute approximate surface area is 184 Å². The van der Waals surface area contributed by atoms with E-state index in [1.165, 1.54) is 16.2 Å². The van der Waals surface area contributed by atoms with Crippen LogP contribution in [0.2, 0.25) is 0 Å². The fourth-order valence-corrected chi connectivity index (χ4v) is 4.48. The van der Waals surface area contributed by atoms with Crippen molar-refractivity contribution >= 4 is 28.8 Å². The Hall–Kier alpha value is -3.32. The lowest BCUT2D eigenvalue weighted by Gasteiger charge is -2.22. The van der Waals surface area contributed by atoms with Crippen LogP contribution in [0.15, 0.2) is 57.8 Å². The summed E-state index contributed by atoms with van der Waals surface area (Å²) >= 11 is 1.50. The highest BCUT2D eigenvalue weighted by Crippen LogP contribution is 2.41. The van der Waals surface area contributed by atoms with Gasteiger partial charge in [0.1, 0.15) is 29.1 Å². The van der Waals surface area contributed by atoms with Crippen LogP contribution in [0, 0.1) is 13.8 Å². The van der Waals surface area contributed by atoms with Crippen molar-refractivity contribution in [2.24, 2.45) is 0 Å². The lowest BCUT2D eigenvalue weighted by atomic mass is 9.98. The third kappa shape index (κ3) is 3.88. The summed E-state index contributed by atoms with van der Waals surface area (Å²) in [6.07, 6.45) is 0. The number of amides is 1. The first-order valence-electron chi connectivity index (χ1n) is 10.0. The molecule has 1 aromatic carbocycles. The molecule has 160 valence electrons. The van der Waals surface area contributed by atoms with Crippen LogP contribution in [0.1, 0.15) is 40.5 Å². The molecule has 1 amide bonds. The minimum Gasteiger partial charge on any atom is -0.507 e. The summed E-state index contributed by atoms with van der Waals surface area (Å²) in [4.78, 5) is 28.4. The van der Waals surface area contributed by atoms with Gasteiger partial charge in [-0.2, -0.15) is 0 Å². The Balaban J connectivity index is 1.82. The largest absolute Gasteiger partial charge is 0.507 e. The van der Waals surface area contributed by atoms with E-state index in [0.29, 0.717) is 29.4 Å². The Morgan fingerprint density at radius 1 is 1.19 bits per heavy atom. The number of rotatable bonds is 6. The highest BCUT2D eigenvalue weighted by Gasteiger charge is 2.47. The first-order chi connectivity index (χ1) is 14.9. The lowest BCUT2D eigenvalue weighted by molar-refractivity contribution is -0.140. The molecule has 1 N–H and O–H groups in total. The van der Waals surface area contributed by atoms with E-state index in [2.05, 4.69) is 0 Å². The van der Waals surface area contributed by atoms with Crippen LogP contribution >= 0.6 is 11.3 Å². The molecule has 4 rings (SSSR count). The molecule has 1 fully saturated rings. The summed E-state index contributed by atoms with van der Waals surface area (Å²) in [5, 5.41) is 13.1. The number of Topliss-reactive ketones (excluding diaryl/α,β-unsaturated/α-hetero) is 1. The van der Waals surface area contributed by atoms with E-state index in [9.17, 15) is 14.7 Å². The molecule has 0 radical (unpaired) electrons. The molecule has 1 saturated heterocycles. The fourth-order valence-electron chi connectivity index (χ4n) is 3.78. The van der Waals surface area contributed by atoms with Crippen LogP contribution in [0.3, 0.4) is 0 Å². The number of carbonyl (C=O) groups is 2. The van der Waals surface area contributed by atoms with Crippen molar-refractivity contribution in [3.8, 4) is 5.75 Å². The van der Waals surface area contributed by atoms with Gasteiger partial charge in [0.25, 0.3) is 11.7 Å². The Morgan fingerprint density at radius 3 is 2.61 bits per heavy atom. The van der Waals surface area contributed by atoms with Gasteiger partial charge in [0, 0.05) is 10.4 Å². The number of aliphatic hydroxyl groups excluding tert-OH is 1. The van der Waals surface area contributed by atoms with Crippen molar-refractivity contribution in [1.29, 1.82) is 0 Å². The Morgan fingerprint density at radius 2 is 2.00 bits per heavy atom. The second-order valence-electron chi connectivity index (χ2n) is 7.37. The highest BCUT2D eigenvalue weighted by molar-refractivity contribution is 7.09. The quantitative estimate of drug-likeness (QED) is 0.334. The van der Waals surface area contributed by atoms with E-state index < -0.39 is 17.7 Å². The zero-order chi connectivity index (χ0) is 22.1. The van der Waals surface area contributed by atoms with Gasteiger partial charge < -0.3 is 19.2 Å². The average Bonchev–Trinajstić information content (AvgIpc) is 3.46. The monoisotopic (exact) mass is 437 g/mol. The van der Waals surface area contributed by atoms with Crippen molar-refractivity contribution in [3.05, 3.63) is 80.9 Å². The van der Waals surface area contributed by atoms with Gasteiger partial charge in [-0.25, -0.2) is 0 Å². The molecular formula is C24H23NO5S. The zero-order valence-electron chi connectivity index (χ0n) is 17.5. The molecule has 0 bridgehead atoms. The van der Waals surface area contributed by atoms with Crippen LogP contribution in [0.4, 0.5) is 0 Å². The first-order valence-corrected chi connectivity index (χ1v) is 10.9. The van der Waals surface area contributed by atoms with Crippen LogP contribution in [-0.2, 0) is 16.1 Å². The summed E-state index contributed by atoms with van der Waals surface area (Å²) in [5.74, 6) is 0.204. The fraction of sp³-hybridized carbons (Fsp3) is 0.250. The molecule has 31 heavy (non-hydrogen) atoms. The Bertz CT molecular complexity index is 1160. The summed E-state index contributed by atoms with van der Waals surface area (Å²) in [7, 11) is 0. The van der Waals surface area contributed by atoms with E-state index in [1.54, 1.807) is 37.3 Å². The second kappa shape index (κ2) is 8.43. The van der Waals surface area contributed by atoms with Gasteiger partial charge in [0.15, 0.2) is 0 Å². The van der Waals surface area contributed by atoms with E-state index in [4.69, 9.17) is 9.15 Å². The molecule has 6 nitrogen and oxygen atoms in total. The van der Waals surface area contributed by atoms with Crippen molar-refractivity contribution < 1.29 is 23.8 Å². The number of aliphatic hydroxyl groups is 1. The summed E-state index contributed by atoms with van der Waals surface area (Å²) < 4.78 is 11.4. The van der Waals surface area contributed by atoms with Crippen LogP contribution in [0.25, 0.3) is 5.76 Å². The smallest absolute Gasteiger partial charge is 0.296 e. The summed E-state index contributed by atoms with van der Waals surface area (Å²) in [5.41, 5.74) is 1.30. The number of thiophene rings is 1. The molecule has 3 aromatic rings. The number of benzene rings is 1. The molecule has 3 heterocycles. The topological polar surface area (TPSA) is 80.0 Å². The third-order valence-electron chi connectivity index (χ3n) is 5.23. The highest BCUT2D eigenvalue weighted by atomic mass is 32.1. The van der Waals surface area contributed by atoms with Crippen LogP contribution in [-0.4, -0.2) is 28.3 Å². The average molecular weight is 438 g/mol. The number of ketones is 1. The molecule has 0 spiro atoms. The lowest BCUT2D eigenvalue weighted by Crippen LogP contribution is -2.28. The van der Waals surface area contributed by atoms with E-state index in [-0.39, 0.29) is 17.9 Å². The number of ether oxygens (including phenoxy) is 1. The second-order valence-corrected chi connectivity index (χ2v) is 8.40. The maximum atomic E-state index is 13.0. The van der Waals surface area contributed by atoms with E-state index in [1.807, 2.05) is 31.4 Å². The molecule has 7 heteroatoms. The van der Waals surface area contributed by atoms with Crippen molar-refractivity contribution in [3.63, 3.8) is 0 Å². The number of aryl methyl sites for hydroxylation is 2. The maximum Gasteiger partial charge on any atom is 0.296 e. The molecule has 1 atom stereocenters. The molecule has 1 aliphatic rings. The Kier molecular flexibility index (Phi) is 5.69. The van der Waals surface area contributed by atoms with Crippen molar-refractivity contribution in [2.45, 2.75) is 33.4 Å².